The Kier molecular flexibility index (Phi) is 5.85. The first-order valence-electron chi connectivity index (χ1n) is 12.1. The van der Waals surface area contributed by atoms with Crippen molar-refractivity contribution >= 4 is 32.3 Å². The van der Waals surface area contributed by atoms with Gasteiger partial charge in [-0.1, -0.05) is 30.3 Å². The van der Waals surface area contributed by atoms with Gasteiger partial charge in [-0.3, -0.25) is 9.36 Å². The Balaban J connectivity index is 1.30. The number of nitrogens with one attached hydrogen (secondary N) is 1. The normalized spacial score (nSPS) is 20.1. The summed E-state index contributed by atoms with van der Waals surface area (Å²) in [6.45, 7) is 2.24. The summed E-state index contributed by atoms with van der Waals surface area (Å²) in [5.74, 6) is 0.790. The van der Waals surface area contributed by atoms with E-state index >= 15 is 0 Å². The van der Waals surface area contributed by atoms with E-state index in [1.807, 2.05) is 18.2 Å². The van der Waals surface area contributed by atoms with Crippen LogP contribution in [0.5, 0.6) is 5.75 Å². The lowest BCUT2D eigenvalue weighted by Crippen LogP contribution is -2.38. The predicted octanol–water partition coefficient (Wildman–Crippen LogP) is 4.29. The minimum atomic E-state index is 0.0447. The van der Waals surface area contributed by atoms with Crippen molar-refractivity contribution in [3.63, 3.8) is 0 Å². The molecule has 0 bridgehead atoms. The number of hydrogen-bond donors (Lipinski definition) is 1. The predicted molar refractivity (Wildman–Crippen MR) is 136 cm³/mol. The molecule has 34 heavy (non-hydrogen) atoms. The molecule has 0 amide bonds. The summed E-state index contributed by atoms with van der Waals surface area (Å²) in [6.07, 6.45) is 7.27. The van der Waals surface area contributed by atoms with E-state index in [0.29, 0.717) is 18.7 Å². The first-order chi connectivity index (χ1) is 16.7. The van der Waals surface area contributed by atoms with E-state index in [1.54, 1.807) is 29.3 Å². The van der Waals surface area contributed by atoms with Crippen LogP contribution >= 0.6 is 11.3 Å². The van der Waals surface area contributed by atoms with Crippen LogP contribution in [-0.2, 0) is 24.1 Å². The summed E-state index contributed by atoms with van der Waals surface area (Å²) in [5.41, 5.74) is 2.25. The third kappa shape index (κ3) is 3.91. The summed E-state index contributed by atoms with van der Waals surface area (Å²) < 4.78 is 13.1. The Hall–Kier alpha value is -2.74. The van der Waals surface area contributed by atoms with Gasteiger partial charge < -0.3 is 14.8 Å². The van der Waals surface area contributed by atoms with Crippen molar-refractivity contribution in [2.24, 2.45) is 0 Å². The molecular formula is C27H29N3O3S. The van der Waals surface area contributed by atoms with Gasteiger partial charge in [0.1, 0.15) is 10.6 Å². The molecule has 6 rings (SSSR count). The molecule has 0 radical (unpaired) electrons. The zero-order valence-corrected chi connectivity index (χ0v) is 20.2. The molecule has 2 aliphatic rings. The van der Waals surface area contributed by atoms with Gasteiger partial charge in [-0.2, -0.15) is 0 Å². The maximum absolute atomic E-state index is 13.6. The number of thiophene rings is 1. The molecule has 2 aromatic heterocycles. The second-order valence-electron chi connectivity index (χ2n) is 9.31. The van der Waals surface area contributed by atoms with Gasteiger partial charge in [-0.05, 0) is 54.5 Å². The zero-order valence-electron chi connectivity index (χ0n) is 19.4. The number of methoxy groups -OCH3 is 1. The molecule has 2 aromatic carbocycles. The number of benzene rings is 2. The number of fused-ring (bicyclic) bond motifs is 4. The monoisotopic (exact) mass is 475 g/mol. The standard InChI is InChI=1S/C27H29N3O3S/c1-32-23-11-8-17-5-2-3-7-20(17)22(23)15-30-16-29-26-25(27(30)31)21-10-9-18(13-24(21)34-26)28-14-19-6-4-12-33-19/h2-3,5,7-8,11,16,18-19,28H,4,6,9-10,12-15H2,1H3. The smallest absolute Gasteiger partial charge is 0.262 e. The van der Waals surface area contributed by atoms with Crippen molar-refractivity contribution in [2.75, 3.05) is 20.3 Å². The molecule has 1 aliphatic carbocycles. The largest absolute Gasteiger partial charge is 0.496 e. The van der Waals surface area contributed by atoms with Crippen LogP contribution in [0.2, 0.25) is 0 Å². The maximum Gasteiger partial charge on any atom is 0.262 e. The van der Waals surface area contributed by atoms with Crippen LogP contribution in [0, 0.1) is 0 Å². The minimum absolute atomic E-state index is 0.0447. The Morgan fingerprint density at radius 1 is 1.24 bits per heavy atom. The van der Waals surface area contributed by atoms with Crippen molar-refractivity contribution in [3.8, 4) is 5.75 Å². The van der Waals surface area contributed by atoms with Gasteiger partial charge in [0.15, 0.2) is 0 Å². The number of aromatic nitrogens is 2. The topological polar surface area (TPSA) is 65.4 Å². The lowest BCUT2D eigenvalue weighted by molar-refractivity contribution is 0.107. The van der Waals surface area contributed by atoms with E-state index in [1.165, 1.54) is 16.9 Å². The van der Waals surface area contributed by atoms with E-state index < -0.39 is 0 Å². The number of ether oxygens (including phenoxy) is 2. The molecule has 176 valence electrons. The summed E-state index contributed by atoms with van der Waals surface area (Å²) in [4.78, 5) is 20.5. The van der Waals surface area contributed by atoms with Gasteiger partial charge in [-0.25, -0.2) is 4.98 Å². The van der Waals surface area contributed by atoms with Crippen molar-refractivity contribution in [3.05, 3.63) is 69.1 Å². The molecule has 0 saturated carbocycles. The van der Waals surface area contributed by atoms with Crippen LogP contribution in [-0.4, -0.2) is 42.0 Å². The molecule has 1 fully saturated rings. The summed E-state index contributed by atoms with van der Waals surface area (Å²) in [7, 11) is 1.68. The minimum Gasteiger partial charge on any atom is -0.496 e. The molecule has 6 nitrogen and oxygen atoms in total. The van der Waals surface area contributed by atoms with Crippen LogP contribution in [0.25, 0.3) is 21.0 Å². The zero-order chi connectivity index (χ0) is 23.1. The van der Waals surface area contributed by atoms with E-state index in [-0.39, 0.29) is 5.56 Å². The van der Waals surface area contributed by atoms with Gasteiger partial charge in [-0.15, -0.1) is 11.3 Å². The molecule has 7 heteroatoms. The molecule has 1 saturated heterocycles. The highest BCUT2D eigenvalue weighted by molar-refractivity contribution is 7.18. The van der Waals surface area contributed by atoms with Crippen LogP contribution < -0.4 is 15.6 Å². The fraction of sp³-hybridized carbons (Fsp3) is 0.407. The molecule has 3 heterocycles. The Bertz CT molecular complexity index is 1400. The average Bonchev–Trinajstić information content (AvgIpc) is 3.52. The highest BCUT2D eigenvalue weighted by Gasteiger charge is 2.26. The van der Waals surface area contributed by atoms with Gasteiger partial charge in [0.25, 0.3) is 5.56 Å². The van der Waals surface area contributed by atoms with Crippen molar-refractivity contribution in [1.82, 2.24) is 14.9 Å². The Labute approximate surface area is 202 Å². The number of nitrogens with zero attached hydrogens (tertiary/aromatic N) is 2. The lowest BCUT2D eigenvalue weighted by atomic mass is 9.93. The number of aryl methyl sites for hydroxylation is 1. The Morgan fingerprint density at radius 2 is 2.15 bits per heavy atom. The fourth-order valence-corrected chi connectivity index (χ4v) is 6.69. The van der Waals surface area contributed by atoms with Crippen LogP contribution in [0.3, 0.4) is 0 Å². The van der Waals surface area contributed by atoms with E-state index in [9.17, 15) is 4.79 Å². The third-order valence-electron chi connectivity index (χ3n) is 7.24. The van der Waals surface area contributed by atoms with Crippen molar-refractivity contribution in [2.45, 2.75) is 50.8 Å². The summed E-state index contributed by atoms with van der Waals surface area (Å²) in [6, 6.07) is 12.7. The van der Waals surface area contributed by atoms with Crippen molar-refractivity contribution in [1.29, 1.82) is 0 Å². The number of hydrogen-bond acceptors (Lipinski definition) is 6. The van der Waals surface area contributed by atoms with Gasteiger partial charge in [0.05, 0.1) is 31.5 Å². The van der Waals surface area contributed by atoms with Crippen molar-refractivity contribution < 1.29 is 9.47 Å². The number of rotatable bonds is 6. The first kappa shape index (κ1) is 21.8. The molecule has 1 N–H and O–H groups in total. The van der Waals surface area contributed by atoms with E-state index in [4.69, 9.17) is 14.5 Å². The van der Waals surface area contributed by atoms with Gasteiger partial charge in [0, 0.05) is 29.6 Å². The lowest BCUT2D eigenvalue weighted by Gasteiger charge is -2.24. The second-order valence-corrected chi connectivity index (χ2v) is 10.4. The highest BCUT2D eigenvalue weighted by Crippen LogP contribution is 2.34. The van der Waals surface area contributed by atoms with E-state index in [2.05, 4.69) is 23.5 Å². The van der Waals surface area contributed by atoms with Gasteiger partial charge in [0.2, 0.25) is 0 Å². The molecule has 2 atom stereocenters. The van der Waals surface area contributed by atoms with Gasteiger partial charge >= 0.3 is 0 Å². The average molecular weight is 476 g/mol. The van der Waals surface area contributed by atoms with E-state index in [0.717, 1.165) is 71.1 Å². The highest BCUT2D eigenvalue weighted by atomic mass is 32.1. The van der Waals surface area contributed by atoms with Crippen LogP contribution in [0.15, 0.2) is 47.5 Å². The summed E-state index contributed by atoms with van der Waals surface area (Å²) >= 11 is 1.68. The molecule has 2 unspecified atom stereocenters. The first-order valence-corrected chi connectivity index (χ1v) is 12.9. The second kappa shape index (κ2) is 9.13. The molecule has 1 aliphatic heterocycles. The molecule has 4 aromatic rings. The maximum atomic E-state index is 13.6. The Morgan fingerprint density at radius 3 is 3.00 bits per heavy atom. The fourth-order valence-electron chi connectivity index (χ4n) is 5.43. The molecular weight excluding hydrogens is 446 g/mol. The molecule has 0 spiro atoms. The van der Waals surface area contributed by atoms with Crippen LogP contribution in [0.4, 0.5) is 0 Å². The quantitative estimate of drug-likeness (QED) is 0.451. The third-order valence-corrected chi connectivity index (χ3v) is 8.40. The summed E-state index contributed by atoms with van der Waals surface area (Å²) in [5, 5.41) is 6.74. The SMILES string of the molecule is COc1ccc2ccccc2c1Cn1cnc2sc3c(c2c1=O)CCC(NCC1CCCO1)C3. The van der Waals surface area contributed by atoms with Crippen LogP contribution in [0.1, 0.15) is 35.3 Å².